The van der Waals surface area contributed by atoms with Gasteiger partial charge in [-0.05, 0) is 56.4 Å². The van der Waals surface area contributed by atoms with Gasteiger partial charge in [0.25, 0.3) is 0 Å². The van der Waals surface area contributed by atoms with E-state index in [4.69, 9.17) is 11.3 Å². The van der Waals surface area contributed by atoms with Crippen molar-refractivity contribution < 1.29 is 9.53 Å². The van der Waals surface area contributed by atoms with Gasteiger partial charge in [-0.2, -0.15) is 5.10 Å². The molecular weight excluding hydrogens is 444 g/mol. The Balaban J connectivity index is 1.54. The van der Waals surface area contributed by atoms with Crippen LogP contribution in [0.25, 0.3) is 4.85 Å². The number of pyridine rings is 2. The molecule has 35 heavy (non-hydrogen) atoms. The van der Waals surface area contributed by atoms with Gasteiger partial charge < -0.3 is 20.3 Å². The van der Waals surface area contributed by atoms with Crippen molar-refractivity contribution in [3.8, 4) is 5.75 Å². The molecule has 4 rings (SSSR count). The van der Waals surface area contributed by atoms with Crippen LogP contribution in [0.4, 0.5) is 23.1 Å². The van der Waals surface area contributed by atoms with E-state index in [0.717, 1.165) is 29.8 Å². The number of aromatic amines is 1. The van der Waals surface area contributed by atoms with Crippen LogP contribution in [0.2, 0.25) is 0 Å². The number of likely N-dealkylation sites (tertiary alicyclic amines) is 1. The Labute approximate surface area is 204 Å². The summed E-state index contributed by atoms with van der Waals surface area (Å²) in [6.07, 6.45) is 3.30. The molecule has 182 valence electrons. The van der Waals surface area contributed by atoms with Gasteiger partial charge in [-0.25, -0.2) is 9.83 Å². The molecule has 10 nitrogen and oxygen atoms in total. The Morgan fingerprint density at radius 3 is 2.69 bits per heavy atom. The quantitative estimate of drug-likeness (QED) is 0.329. The largest absolute Gasteiger partial charge is 0.490 e. The number of aromatic nitrogens is 4. The fourth-order valence-electron chi connectivity index (χ4n) is 4.17. The molecule has 0 aromatic carbocycles. The number of anilines is 3. The number of H-pyrrole nitrogens is 1. The Bertz CT molecular complexity index is 1210. The highest BCUT2D eigenvalue weighted by atomic mass is 16.5. The average molecular weight is 475 g/mol. The van der Waals surface area contributed by atoms with Gasteiger partial charge in [-0.3, -0.25) is 14.9 Å². The van der Waals surface area contributed by atoms with Crippen molar-refractivity contribution in [2.45, 2.75) is 39.5 Å². The highest BCUT2D eigenvalue weighted by molar-refractivity contribution is 5.75. The van der Waals surface area contributed by atoms with E-state index in [9.17, 15) is 4.79 Å². The monoisotopic (exact) mass is 474 g/mol. The predicted molar refractivity (Wildman–Crippen MR) is 134 cm³/mol. The third kappa shape index (κ3) is 6.06. The zero-order valence-electron chi connectivity index (χ0n) is 20.3. The first-order valence-corrected chi connectivity index (χ1v) is 11.7. The number of hydrogen-bond donors (Lipinski definition) is 3. The molecule has 0 radical (unpaired) electrons. The second kappa shape index (κ2) is 10.9. The van der Waals surface area contributed by atoms with Crippen molar-refractivity contribution in [1.82, 2.24) is 25.1 Å². The summed E-state index contributed by atoms with van der Waals surface area (Å²) in [4.78, 5) is 26.4. The number of piperidine rings is 1. The minimum absolute atomic E-state index is 0.0889. The number of ether oxygens (including phenoxy) is 1. The Kier molecular flexibility index (Phi) is 7.45. The van der Waals surface area contributed by atoms with Gasteiger partial charge in [-0.15, -0.1) is 0 Å². The van der Waals surface area contributed by atoms with E-state index in [1.54, 1.807) is 13.1 Å². The first-order chi connectivity index (χ1) is 16.9. The molecule has 10 heteroatoms. The summed E-state index contributed by atoms with van der Waals surface area (Å²) in [6, 6.07) is 7.61. The summed E-state index contributed by atoms with van der Waals surface area (Å²) in [5.74, 6) is 2.72. The van der Waals surface area contributed by atoms with Crippen LogP contribution in [-0.4, -0.2) is 57.2 Å². The maximum atomic E-state index is 11.8. The summed E-state index contributed by atoms with van der Waals surface area (Å²) in [5.41, 5.74) is 3.30. The third-order valence-electron chi connectivity index (χ3n) is 6.02. The lowest BCUT2D eigenvalue weighted by Crippen LogP contribution is -2.36. The molecule has 0 bridgehead atoms. The van der Waals surface area contributed by atoms with Gasteiger partial charge in [0.15, 0.2) is 5.82 Å². The normalized spacial score (nSPS) is 13.8. The van der Waals surface area contributed by atoms with Crippen LogP contribution in [0, 0.1) is 20.4 Å². The van der Waals surface area contributed by atoms with E-state index >= 15 is 0 Å². The molecule has 0 unspecified atom stereocenters. The molecule has 0 saturated carbocycles. The van der Waals surface area contributed by atoms with Crippen LogP contribution < -0.4 is 15.4 Å². The smallest absolute Gasteiger partial charge is 0.231 e. The number of carbonyl (C=O) groups excluding carboxylic acids is 1. The minimum atomic E-state index is 0.0889. The van der Waals surface area contributed by atoms with E-state index < -0.39 is 0 Å². The van der Waals surface area contributed by atoms with E-state index in [1.807, 2.05) is 43.0 Å². The Morgan fingerprint density at radius 1 is 1.26 bits per heavy atom. The number of carbonyl (C=O) groups is 1. The van der Waals surface area contributed by atoms with Gasteiger partial charge >= 0.3 is 0 Å². The fraction of sp³-hybridized carbons (Fsp3) is 0.400. The zero-order valence-corrected chi connectivity index (χ0v) is 20.3. The van der Waals surface area contributed by atoms with Crippen molar-refractivity contribution in [3.05, 3.63) is 58.8 Å². The number of amides is 1. The first kappa shape index (κ1) is 24.0. The van der Waals surface area contributed by atoms with Crippen LogP contribution in [0.15, 0.2) is 30.5 Å². The lowest BCUT2D eigenvalue weighted by Gasteiger charge is -2.32. The van der Waals surface area contributed by atoms with Crippen LogP contribution in [-0.2, 0) is 4.79 Å². The highest BCUT2D eigenvalue weighted by Gasteiger charge is 2.26. The Hall–Kier alpha value is -4.13. The molecule has 4 heterocycles. The number of nitrogens with one attached hydrogen (secondary N) is 3. The second-order valence-electron chi connectivity index (χ2n) is 8.66. The standard InChI is InChI=1S/C25H30N8O2/c1-16-5-6-20(15-28-16)35-12-9-27-25-24(26-4)21(19-7-10-33(11-8-19)18(3)34)14-22(30-25)29-23-13-17(2)31-32-23/h5-6,13-15,19H,7-12H2,1-3H3,(H3,27,29,30,31,32). The van der Waals surface area contributed by atoms with Gasteiger partial charge in [0, 0.05) is 44.0 Å². The molecule has 3 aromatic heterocycles. The average Bonchev–Trinajstić information content (AvgIpc) is 3.27. The van der Waals surface area contributed by atoms with Gasteiger partial charge in [-0.1, -0.05) is 0 Å². The maximum absolute atomic E-state index is 11.8. The van der Waals surface area contributed by atoms with Crippen LogP contribution >= 0.6 is 0 Å². The first-order valence-electron chi connectivity index (χ1n) is 11.7. The summed E-state index contributed by atoms with van der Waals surface area (Å²) in [5, 5.41) is 13.7. The second-order valence-corrected chi connectivity index (χ2v) is 8.66. The SMILES string of the molecule is [C-]#[N+]c1c(C2CCN(C(C)=O)CC2)cc(Nc2cc(C)[nH]n2)nc1NCCOc1ccc(C)nc1. The van der Waals surface area contributed by atoms with E-state index in [-0.39, 0.29) is 11.8 Å². The molecule has 0 aliphatic carbocycles. The lowest BCUT2D eigenvalue weighted by atomic mass is 9.88. The molecule has 0 spiro atoms. The lowest BCUT2D eigenvalue weighted by molar-refractivity contribution is -0.129. The number of aryl methyl sites for hydroxylation is 2. The summed E-state index contributed by atoms with van der Waals surface area (Å²) < 4.78 is 5.77. The molecule has 0 atom stereocenters. The number of hydrogen-bond acceptors (Lipinski definition) is 7. The van der Waals surface area contributed by atoms with Crippen LogP contribution in [0.5, 0.6) is 5.75 Å². The summed E-state index contributed by atoms with van der Waals surface area (Å²) in [7, 11) is 0. The van der Waals surface area contributed by atoms with E-state index in [2.05, 4.69) is 35.6 Å². The van der Waals surface area contributed by atoms with Crippen molar-refractivity contribution in [1.29, 1.82) is 0 Å². The van der Waals surface area contributed by atoms with E-state index in [1.165, 1.54) is 0 Å². The summed E-state index contributed by atoms with van der Waals surface area (Å²) in [6.45, 7) is 15.6. The van der Waals surface area contributed by atoms with Crippen molar-refractivity contribution in [3.63, 3.8) is 0 Å². The van der Waals surface area contributed by atoms with Gasteiger partial charge in [0.2, 0.25) is 11.6 Å². The maximum Gasteiger partial charge on any atom is 0.231 e. The molecule has 3 N–H and O–H groups in total. The number of nitrogens with zero attached hydrogens (tertiary/aromatic N) is 5. The minimum Gasteiger partial charge on any atom is -0.490 e. The van der Waals surface area contributed by atoms with E-state index in [0.29, 0.717) is 55.1 Å². The third-order valence-corrected chi connectivity index (χ3v) is 6.02. The van der Waals surface area contributed by atoms with Crippen molar-refractivity contribution >= 4 is 29.0 Å². The van der Waals surface area contributed by atoms with Crippen LogP contribution in [0.1, 0.15) is 42.6 Å². The van der Waals surface area contributed by atoms with Gasteiger partial charge in [0.1, 0.15) is 24.0 Å². The van der Waals surface area contributed by atoms with Crippen molar-refractivity contribution in [2.75, 3.05) is 36.9 Å². The molecule has 1 aliphatic heterocycles. The molecular formula is C25H30N8O2. The number of rotatable bonds is 8. The van der Waals surface area contributed by atoms with Crippen LogP contribution in [0.3, 0.4) is 0 Å². The topological polar surface area (TPSA) is 112 Å². The molecule has 1 aliphatic rings. The fourth-order valence-corrected chi connectivity index (χ4v) is 4.17. The summed E-state index contributed by atoms with van der Waals surface area (Å²) >= 11 is 0. The predicted octanol–water partition coefficient (Wildman–Crippen LogP) is 4.33. The highest BCUT2D eigenvalue weighted by Crippen LogP contribution is 2.40. The molecule has 1 saturated heterocycles. The Morgan fingerprint density at radius 2 is 2.06 bits per heavy atom. The van der Waals surface area contributed by atoms with Crippen molar-refractivity contribution in [2.24, 2.45) is 0 Å². The molecule has 1 fully saturated rings. The zero-order chi connectivity index (χ0) is 24.8. The molecule has 1 amide bonds. The molecule has 3 aromatic rings. The van der Waals surface area contributed by atoms with Gasteiger partial charge in [0.05, 0.1) is 12.8 Å².